The van der Waals surface area contributed by atoms with Crippen molar-refractivity contribution in [3.63, 3.8) is 0 Å². The van der Waals surface area contributed by atoms with Crippen LogP contribution in [0.2, 0.25) is 5.02 Å². The summed E-state index contributed by atoms with van der Waals surface area (Å²) in [4.78, 5) is 34.0. The van der Waals surface area contributed by atoms with Crippen molar-refractivity contribution >= 4 is 29.2 Å². The highest BCUT2D eigenvalue weighted by Crippen LogP contribution is 2.30. The van der Waals surface area contributed by atoms with Gasteiger partial charge in [0.15, 0.2) is 6.10 Å². The molecule has 0 radical (unpaired) electrons. The maximum Gasteiger partial charge on any atom is 0.320 e. The van der Waals surface area contributed by atoms with E-state index in [-0.39, 0.29) is 38.2 Å². The van der Waals surface area contributed by atoms with Crippen molar-refractivity contribution in [3.05, 3.63) is 137 Å². The Labute approximate surface area is 312 Å². The second kappa shape index (κ2) is 19.0. The fourth-order valence-electron chi connectivity index (χ4n) is 6.81. The van der Waals surface area contributed by atoms with Crippen molar-refractivity contribution in [1.82, 2.24) is 9.80 Å². The summed E-state index contributed by atoms with van der Waals surface area (Å²) < 4.78 is 25.8. The van der Waals surface area contributed by atoms with Crippen LogP contribution in [0.25, 0.3) is 0 Å². The minimum absolute atomic E-state index is 0.0224. The second-order valence-electron chi connectivity index (χ2n) is 13.3. The van der Waals surface area contributed by atoms with Gasteiger partial charge in [-0.2, -0.15) is 0 Å². The third-order valence-electron chi connectivity index (χ3n) is 9.57. The predicted molar refractivity (Wildman–Crippen MR) is 202 cm³/mol. The van der Waals surface area contributed by atoms with E-state index in [0.717, 1.165) is 48.6 Å². The molecule has 4 aromatic rings. The van der Waals surface area contributed by atoms with Crippen LogP contribution in [0.3, 0.4) is 0 Å². The van der Waals surface area contributed by atoms with Gasteiger partial charge >= 0.3 is 5.97 Å². The van der Waals surface area contributed by atoms with Crippen molar-refractivity contribution < 1.29 is 28.5 Å². The molecule has 9 nitrogen and oxygen atoms in total. The summed E-state index contributed by atoms with van der Waals surface area (Å²) in [5, 5.41) is 0.708. The largest absolute Gasteiger partial charge is 0.462 e. The molecule has 4 aromatic carbocycles. The van der Waals surface area contributed by atoms with Gasteiger partial charge in [0, 0.05) is 43.4 Å². The molecule has 0 unspecified atom stereocenters. The summed E-state index contributed by atoms with van der Waals surface area (Å²) >= 11 is 6.08. The predicted octanol–water partition coefficient (Wildman–Crippen LogP) is 6.38. The summed E-state index contributed by atoms with van der Waals surface area (Å²) in [6, 6.07) is 36.8. The minimum Gasteiger partial charge on any atom is -0.462 e. The molecule has 6 rings (SSSR count). The van der Waals surface area contributed by atoms with E-state index in [0.29, 0.717) is 24.6 Å². The zero-order valence-corrected chi connectivity index (χ0v) is 30.5. The summed E-state index contributed by atoms with van der Waals surface area (Å²) in [6.45, 7) is 6.43. The maximum absolute atomic E-state index is 14.4. The van der Waals surface area contributed by atoms with E-state index in [1.165, 1.54) is 0 Å². The van der Waals surface area contributed by atoms with Gasteiger partial charge in [-0.25, -0.2) is 0 Å². The molecule has 274 valence electrons. The van der Waals surface area contributed by atoms with Gasteiger partial charge in [-0.3, -0.25) is 14.5 Å². The molecule has 0 aromatic heterocycles. The van der Waals surface area contributed by atoms with Gasteiger partial charge in [0.2, 0.25) is 0 Å². The number of halogens is 1. The average molecular weight is 726 g/mol. The number of benzene rings is 4. The number of likely N-dealkylation sites (tertiary alicyclic amines) is 1. The number of piperazine rings is 1. The van der Waals surface area contributed by atoms with Crippen LogP contribution in [0.1, 0.15) is 30.0 Å². The summed E-state index contributed by atoms with van der Waals surface area (Å²) in [5.41, 5.74) is 4.01. The van der Waals surface area contributed by atoms with Gasteiger partial charge in [-0.15, -0.1) is 0 Å². The third kappa shape index (κ3) is 10.2. The Balaban J connectivity index is 1.19. The number of carbonyl (C=O) groups excluding carboxylic acids is 2. The molecule has 0 saturated carbocycles. The SMILES string of the molecule is CCCN1C(=O)[C@H](OCc2ccccc2)[C@H](OCc2ccccc2)[C@H](OCc2ccccc2)[C@H]1COC(=O)CN1CCN(c2ccc(Cl)cc2)CC1. The molecule has 1 amide bonds. The zero-order valence-electron chi connectivity index (χ0n) is 29.7. The molecular formula is C42H48ClN3O6. The number of ether oxygens (including phenoxy) is 4. The molecule has 2 fully saturated rings. The number of piperidine rings is 1. The van der Waals surface area contributed by atoms with Crippen LogP contribution in [-0.4, -0.2) is 91.9 Å². The molecule has 52 heavy (non-hydrogen) atoms. The Hall–Kier alpha value is -4.25. The number of carbonyl (C=O) groups is 2. The average Bonchev–Trinajstić information content (AvgIpc) is 3.18. The molecule has 0 N–H and O–H groups in total. The number of nitrogens with zero attached hydrogens (tertiary/aromatic N) is 3. The highest BCUT2D eigenvalue weighted by molar-refractivity contribution is 6.30. The molecule has 10 heteroatoms. The number of hydrogen-bond acceptors (Lipinski definition) is 8. The molecule has 0 aliphatic carbocycles. The zero-order chi connectivity index (χ0) is 36.1. The van der Waals surface area contributed by atoms with Gasteiger partial charge in [-0.1, -0.05) is 110 Å². The number of hydrogen-bond donors (Lipinski definition) is 0. The number of rotatable bonds is 16. The summed E-state index contributed by atoms with van der Waals surface area (Å²) in [6.07, 6.45) is -1.64. The highest BCUT2D eigenvalue weighted by atomic mass is 35.5. The molecule has 2 heterocycles. The Bertz CT molecular complexity index is 1670. The second-order valence-corrected chi connectivity index (χ2v) is 13.7. The standard InChI is InChI=1S/C42H48ClN3O6/c1-2-22-46-37(31-49-38(47)27-44-23-25-45(26-24-44)36-20-18-35(43)19-21-36)39(50-28-32-12-6-3-7-13-32)40(51-29-33-14-8-4-9-15-33)41(42(46)48)52-30-34-16-10-5-11-17-34/h3-21,37,39-41H,2,22-31H2,1H3/t37-,39-,40-,41-/m1/s1. The van der Waals surface area contributed by atoms with Crippen LogP contribution in [-0.2, 0) is 48.4 Å². The Morgan fingerprint density at radius 2 is 1.21 bits per heavy atom. The van der Waals surface area contributed by atoms with Gasteiger partial charge in [0.1, 0.15) is 18.8 Å². The van der Waals surface area contributed by atoms with Crippen LogP contribution in [0.5, 0.6) is 0 Å². The quantitative estimate of drug-likeness (QED) is 0.123. The molecular weight excluding hydrogens is 678 g/mol. The van der Waals surface area contributed by atoms with E-state index in [2.05, 4.69) is 9.80 Å². The first-order chi connectivity index (χ1) is 25.5. The van der Waals surface area contributed by atoms with Gasteiger partial charge in [-0.05, 0) is 47.4 Å². The fourth-order valence-corrected chi connectivity index (χ4v) is 6.93. The van der Waals surface area contributed by atoms with E-state index in [9.17, 15) is 9.59 Å². The van der Waals surface area contributed by atoms with Crippen molar-refractivity contribution in [2.75, 3.05) is 50.8 Å². The normalized spacial score (nSPS) is 20.9. The number of anilines is 1. The first-order valence-electron chi connectivity index (χ1n) is 18.1. The molecule has 2 aliphatic rings. The van der Waals surface area contributed by atoms with Crippen molar-refractivity contribution in [1.29, 1.82) is 0 Å². The van der Waals surface area contributed by atoms with Gasteiger partial charge < -0.3 is 28.7 Å². The summed E-state index contributed by atoms with van der Waals surface area (Å²) in [7, 11) is 0. The van der Waals surface area contributed by atoms with Crippen molar-refractivity contribution in [3.8, 4) is 0 Å². The lowest BCUT2D eigenvalue weighted by Gasteiger charge is -2.47. The highest BCUT2D eigenvalue weighted by Gasteiger charge is 2.51. The van der Waals surface area contributed by atoms with E-state index in [4.69, 9.17) is 30.5 Å². The van der Waals surface area contributed by atoms with Crippen molar-refractivity contribution in [2.24, 2.45) is 0 Å². The fraction of sp³-hybridized carbons (Fsp3) is 0.381. The molecule has 2 saturated heterocycles. The van der Waals surface area contributed by atoms with Gasteiger partial charge in [0.05, 0.1) is 32.4 Å². The lowest BCUT2D eigenvalue weighted by molar-refractivity contribution is -0.213. The molecule has 0 spiro atoms. The van der Waals surface area contributed by atoms with E-state index >= 15 is 0 Å². The number of amides is 1. The minimum atomic E-state index is -0.930. The van der Waals surface area contributed by atoms with Crippen LogP contribution >= 0.6 is 11.6 Å². The lowest BCUT2D eigenvalue weighted by Crippen LogP contribution is -2.67. The Morgan fingerprint density at radius 3 is 1.75 bits per heavy atom. The van der Waals surface area contributed by atoms with Crippen LogP contribution in [0.15, 0.2) is 115 Å². The molecule has 4 atom stereocenters. The number of esters is 1. The topological polar surface area (TPSA) is 80.8 Å². The van der Waals surface area contributed by atoms with E-state index in [1.807, 2.05) is 122 Å². The first-order valence-corrected chi connectivity index (χ1v) is 18.5. The summed E-state index contributed by atoms with van der Waals surface area (Å²) in [5.74, 6) is -0.537. The third-order valence-corrected chi connectivity index (χ3v) is 9.82. The molecule has 2 aliphatic heterocycles. The smallest absolute Gasteiger partial charge is 0.320 e. The Kier molecular flexibility index (Phi) is 13.7. The van der Waals surface area contributed by atoms with E-state index in [1.54, 1.807) is 4.90 Å². The maximum atomic E-state index is 14.4. The first kappa shape index (κ1) is 37.5. The van der Waals surface area contributed by atoms with Gasteiger partial charge in [0.25, 0.3) is 5.91 Å². The van der Waals surface area contributed by atoms with E-state index < -0.39 is 24.4 Å². The Morgan fingerprint density at radius 1 is 0.692 bits per heavy atom. The monoisotopic (exact) mass is 725 g/mol. The molecule has 0 bridgehead atoms. The van der Waals surface area contributed by atoms with Crippen LogP contribution in [0, 0.1) is 0 Å². The van der Waals surface area contributed by atoms with Crippen LogP contribution in [0.4, 0.5) is 5.69 Å². The van der Waals surface area contributed by atoms with Crippen LogP contribution < -0.4 is 4.90 Å². The van der Waals surface area contributed by atoms with Crippen molar-refractivity contribution in [2.45, 2.75) is 57.5 Å². The lowest BCUT2D eigenvalue weighted by atomic mass is 9.92.